The average Bonchev–Trinajstić information content (AvgIpc) is 3.15. The highest BCUT2D eigenvalue weighted by atomic mass is 79.9. The molecule has 0 amide bonds. The van der Waals surface area contributed by atoms with Crippen molar-refractivity contribution in [3.8, 4) is 0 Å². The SMILES string of the molecule is CCCNc1nc(N2CCN(c3ccc(Br)cc3)CC2)nc2c1SCC2. The molecule has 2 aliphatic heterocycles. The van der Waals surface area contributed by atoms with Crippen molar-refractivity contribution in [1.29, 1.82) is 0 Å². The number of thioether (sulfide) groups is 1. The van der Waals surface area contributed by atoms with E-state index in [0.29, 0.717) is 0 Å². The van der Waals surface area contributed by atoms with Crippen molar-refractivity contribution < 1.29 is 0 Å². The lowest BCUT2D eigenvalue weighted by molar-refractivity contribution is 0.637. The number of rotatable bonds is 5. The highest BCUT2D eigenvalue weighted by Crippen LogP contribution is 2.36. The lowest BCUT2D eigenvalue weighted by atomic mass is 10.2. The monoisotopic (exact) mass is 433 g/mol. The molecule has 1 N–H and O–H groups in total. The van der Waals surface area contributed by atoms with Crippen molar-refractivity contribution in [2.45, 2.75) is 24.7 Å². The summed E-state index contributed by atoms with van der Waals surface area (Å²) in [4.78, 5) is 15.8. The molecule has 0 atom stereocenters. The van der Waals surface area contributed by atoms with E-state index in [4.69, 9.17) is 9.97 Å². The molecule has 4 rings (SSSR count). The van der Waals surface area contributed by atoms with Crippen LogP contribution < -0.4 is 15.1 Å². The first kappa shape index (κ1) is 17.9. The van der Waals surface area contributed by atoms with E-state index in [0.717, 1.165) is 67.6 Å². The molecule has 5 nitrogen and oxygen atoms in total. The minimum atomic E-state index is 0.889. The number of aryl methyl sites for hydroxylation is 1. The number of hydrogen-bond donors (Lipinski definition) is 1. The van der Waals surface area contributed by atoms with E-state index in [1.807, 2.05) is 11.8 Å². The smallest absolute Gasteiger partial charge is 0.227 e. The lowest BCUT2D eigenvalue weighted by Crippen LogP contribution is -2.47. The van der Waals surface area contributed by atoms with Crippen LogP contribution in [0.25, 0.3) is 0 Å². The van der Waals surface area contributed by atoms with E-state index in [-0.39, 0.29) is 0 Å². The lowest BCUT2D eigenvalue weighted by Gasteiger charge is -2.36. The van der Waals surface area contributed by atoms with Crippen LogP contribution in [0.5, 0.6) is 0 Å². The van der Waals surface area contributed by atoms with E-state index in [1.165, 1.54) is 16.3 Å². The van der Waals surface area contributed by atoms with Crippen molar-refractivity contribution in [3.63, 3.8) is 0 Å². The molecule has 2 aliphatic rings. The molecule has 0 saturated carbocycles. The molecule has 1 fully saturated rings. The van der Waals surface area contributed by atoms with Gasteiger partial charge in [0.05, 0.1) is 10.6 Å². The van der Waals surface area contributed by atoms with Crippen molar-refractivity contribution in [1.82, 2.24) is 9.97 Å². The van der Waals surface area contributed by atoms with Crippen LogP contribution in [-0.2, 0) is 6.42 Å². The molecule has 138 valence electrons. The number of aromatic nitrogens is 2. The molecule has 0 radical (unpaired) electrons. The molecule has 26 heavy (non-hydrogen) atoms. The van der Waals surface area contributed by atoms with Crippen LogP contribution in [0.4, 0.5) is 17.5 Å². The predicted molar refractivity (Wildman–Crippen MR) is 114 cm³/mol. The number of piperazine rings is 1. The summed E-state index contributed by atoms with van der Waals surface area (Å²) in [6.07, 6.45) is 2.15. The number of benzene rings is 1. The molecular weight excluding hydrogens is 410 g/mol. The fourth-order valence-corrected chi connectivity index (χ4v) is 4.71. The Balaban J connectivity index is 1.48. The maximum absolute atomic E-state index is 4.88. The Bertz CT molecular complexity index is 759. The van der Waals surface area contributed by atoms with Crippen LogP contribution in [0, 0.1) is 0 Å². The first-order valence-corrected chi connectivity index (χ1v) is 11.1. The number of fused-ring (bicyclic) bond motifs is 1. The van der Waals surface area contributed by atoms with Gasteiger partial charge < -0.3 is 15.1 Å². The third kappa shape index (κ3) is 3.78. The molecule has 0 spiro atoms. The van der Waals surface area contributed by atoms with Gasteiger partial charge in [-0.05, 0) is 30.7 Å². The number of anilines is 3. The molecule has 1 saturated heterocycles. The standard InChI is InChI=1S/C19H24BrN5S/c1-2-8-21-18-17-16(7-13-26-17)22-19(23-18)25-11-9-24(10-12-25)15-5-3-14(20)4-6-15/h3-6H,2,7-13H2,1H3,(H,21,22,23). The van der Waals surface area contributed by atoms with Crippen LogP contribution >= 0.6 is 27.7 Å². The zero-order valence-corrected chi connectivity index (χ0v) is 17.4. The van der Waals surface area contributed by atoms with Gasteiger partial charge in [0, 0.05) is 55.1 Å². The highest BCUT2D eigenvalue weighted by Gasteiger charge is 2.24. The second-order valence-corrected chi connectivity index (χ2v) is 8.64. The summed E-state index contributed by atoms with van der Waals surface area (Å²) in [5.74, 6) is 3.04. The number of halogens is 1. The van der Waals surface area contributed by atoms with E-state index >= 15 is 0 Å². The van der Waals surface area contributed by atoms with Gasteiger partial charge in [-0.25, -0.2) is 4.98 Å². The molecule has 1 aromatic heterocycles. The first-order valence-electron chi connectivity index (χ1n) is 9.27. The molecule has 1 aromatic carbocycles. The van der Waals surface area contributed by atoms with Crippen molar-refractivity contribution in [2.24, 2.45) is 0 Å². The van der Waals surface area contributed by atoms with Gasteiger partial charge in [0.25, 0.3) is 0 Å². The third-order valence-corrected chi connectivity index (χ3v) is 6.46. The third-order valence-electron chi connectivity index (χ3n) is 4.81. The largest absolute Gasteiger partial charge is 0.369 e. The topological polar surface area (TPSA) is 44.3 Å². The summed E-state index contributed by atoms with van der Waals surface area (Å²) in [6.45, 7) is 7.04. The van der Waals surface area contributed by atoms with Gasteiger partial charge in [0.2, 0.25) is 5.95 Å². The summed E-state index contributed by atoms with van der Waals surface area (Å²) in [7, 11) is 0. The van der Waals surface area contributed by atoms with Gasteiger partial charge in [-0.15, -0.1) is 11.8 Å². The van der Waals surface area contributed by atoms with Crippen LogP contribution in [0.15, 0.2) is 33.6 Å². The fraction of sp³-hybridized carbons (Fsp3) is 0.474. The molecule has 0 unspecified atom stereocenters. The molecule has 7 heteroatoms. The molecule has 3 heterocycles. The highest BCUT2D eigenvalue weighted by molar-refractivity contribution is 9.10. The van der Waals surface area contributed by atoms with Crippen molar-refractivity contribution >= 4 is 45.1 Å². The summed E-state index contributed by atoms with van der Waals surface area (Å²) < 4.78 is 1.12. The summed E-state index contributed by atoms with van der Waals surface area (Å²) in [5.41, 5.74) is 2.50. The molecular formula is C19H24BrN5S. The van der Waals surface area contributed by atoms with Gasteiger partial charge >= 0.3 is 0 Å². The van der Waals surface area contributed by atoms with Gasteiger partial charge in [-0.3, -0.25) is 0 Å². The number of nitrogens with one attached hydrogen (secondary N) is 1. The summed E-state index contributed by atoms with van der Waals surface area (Å²) >= 11 is 5.39. The van der Waals surface area contributed by atoms with Gasteiger partial charge in [-0.2, -0.15) is 4.98 Å². The zero-order valence-electron chi connectivity index (χ0n) is 15.0. The number of nitrogens with zero attached hydrogens (tertiary/aromatic N) is 4. The Morgan fingerprint density at radius 1 is 1.08 bits per heavy atom. The predicted octanol–water partition coefficient (Wildman–Crippen LogP) is 4.04. The van der Waals surface area contributed by atoms with Crippen LogP contribution in [-0.4, -0.2) is 48.4 Å². The molecule has 0 bridgehead atoms. The molecule has 0 aliphatic carbocycles. The van der Waals surface area contributed by atoms with Crippen LogP contribution in [0.1, 0.15) is 19.0 Å². The van der Waals surface area contributed by atoms with Crippen LogP contribution in [0.2, 0.25) is 0 Å². The maximum Gasteiger partial charge on any atom is 0.227 e. The summed E-state index contributed by atoms with van der Waals surface area (Å²) in [6, 6.07) is 8.56. The van der Waals surface area contributed by atoms with Crippen molar-refractivity contribution in [3.05, 3.63) is 34.4 Å². The quantitative estimate of drug-likeness (QED) is 0.767. The minimum Gasteiger partial charge on any atom is -0.369 e. The van der Waals surface area contributed by atoms with Gasteiger partial charge in [0.15, 0.2) is 0 Å². The fourth-order valence-electron chi connectivity index (χ4n) is 3.38. The van der Waals surface area contributed by atoms with E-state index in [2.05, 4.69) is 62.2 Å². The van der Waals surface area contributed by atoms with Crippen molar-refractivity contribution in [2.75, 3.05) is 53.6 Å². The van der Waals surface area contributed by atoms with E-state index in [1.54, 1.807) is 0 Å². The second-order valence-electron chi connectivity index (χ2n) is 6.62. The maximum atomic E-state index is 4.88. The number of hydrogen-bond acceptors (Lipinski definition) is 6. The molecule has 2 aromatic rings. The van der Waals surface area contributed by atoms with Gasteiger partial charge in [0.1, 0.15) is 5.82 Å². The average molecular weight is 434 g/mol. The first-order chi connectivity index (χ1) is 12.7. The second kappa shape index (κ2) is 8.05. The Morgan fingerprint density at radius 3 is 2.54 bits per heavy atom. The normalized spacial score (nSPS) is 16.7. The zero-order chi connectivity index (χ0) is 17.9. The Kier molecular flexibility index (Phi) is 5.55. The summed E-state index contributed by atoms with van der Waals surface area (Å²) in [5, 5.41) is 3.50. The van der Waals surface area contributed by atoms with Gasteiger partial charge in [-0.1, -0.05) is 22.9 Å². The Labute approximate surface area is 167 Å². The minimum absolute atomic E-state index is 0.889. The Morgan fingerprint density at radius 2 is 1.81 bits per heavy atom. The van der Waals surface area contributed by atoms with Crippen LogP contribution in [0.3, 0.4) is 0 Å². The van der Waals surface area contributed by atoms with E-state index in [9.17, 15) is 0 Å². The van der Waals surface area contributed by atoms with E-state index < -0.39 is 0 Å². The Hall–Kier alpha value is -1.47.